The van der Waals surface area contributed by atoms with Gasteiger partial charge in [0.05, 0.1) is 25.9 Å². The van der Waals surface area contributed by atoms with E-state index in [0.717, 1.165) is 23.1 Å². The normalized spacial score (nSPS) is 19.7. The topological polar surface area (TPSA) is 150 Å². The van der Waals surface area contributed by atoms with Crippen molar-refractivity contribution in [2.24, 2.45) is 0 Å². The molecule has 2 amide bonds. The molecule has 5 aromatic rings. The van der Waals surface area contributed by atoms with E-state index in [-0.39, 0.29) is 36.3 Å². The largest absolute Gasteiger partial charge is 0.497 e. The number of carbonyl (C=O) groups is 2. The highest BCUT2D eigenvalue weighted by Crippen LogP contribution is 2.39. The molecule has 0 radical (unpaired) electrons. The first-order valence-electron chi connectivity index (χ1n) is 16.8. The Labute approximate surface area is 292 Å². The second-order valence-corrected chi connectivity index (χ2v) is 12.6. The zero-order chi connectivity index (χ0) is 34.9. The van der Waals surface area contributed by atoms with E-state index in [4.69, 9.17) is 23.9 Å². The van der Waals surface area contributed by atoms with Gasteiger partial charge < -0.3 is 24.3 Å². The SMILES string of the molecule is COc1ccc(CN2C(=O)COc3ccc(N4C(=O)O[C@@H]5C[C@@H](NCCn6c(=O)ccc7ccc(Oc8cccnc8)nc76)CC[C@@H]54)nc32)cc1. The summed E-state index contributed by atoms with van der Waals surface area (Å²) in [5.74, 6) is 2.66. The molecule has 51 heavy (non-hydrogen) atoms. The summed E-state index contributed by atoms with van der Waals surface area (Å²) >= 11 is 0. The van der Waals surface area contributed by atoms with Crippen molar-refractivity contribution >= 4 is 34.7 Å². The number of pyridine rings is 4. The Morgan fingerprint density at radius 2 is 1.80 bits per heavy atom. The summed E-state index contributed by atoms with van der Waals surface area (Å²) in [6.45, 7) is 1.10. The first-order valence-corrected chi connectivity index (χ1v) is 16.8. The summed E-state index contributed by atoms with van der Waals surface area (Å²) in [6, 6.07) is 21.3. The second-order valence-electron chi connectivity index (χ2n) is 12.6. The molecule has 14 nitrogen and oxygen atoms in total. The lowest BCUT2D eigenvalue weighted by Gasteiger charge is -2.34. The van der Waals surface area contributed by atoms with Crippen molar-refractivity contribution in [3.63, 3.8) is 0 Å². The van der Waals surface area contributed by atoms with E-state index < -0.39 is 6.09 Å². The minimum atomic E-state index is -0.472. The Morgan fingerprint density at radius 1 is 0.941 bits per heavy atom. The number of hydrogen-bond acceptors (Lipinski definition) is 11. The van der Waals surface area contributed by atoms with Gasteiger partial charge >= 0.3 is 6.09 Å². The Morgan fingerprint density at radius 3 is 2.63 bits per heavy atom. The number of nitrogens with one attached hydrogen (secondary N) is 1. The second kappa shape index (κ2) is 13.7. The molecule has 0 bridgehead atoms. The van der Waals surface area contributed by atoms with Crippen LogP contribution in [0.2, 0.25) is 0 Å². The lowest BCUT2D eigenvalue weighted by molar-refractivity contribution is -0.121. The lowest BCUT2D eigenvalue weighted by atomic mass is 9.88. The van der Waals surface area contributed by atoms with Crippen LogP contribution in [-0.2, 0) is 22.6 Å². The van der Waals surface area contributed by atoms with Crippen molar-refractivity contribution in [2.75, 3.05) is 30.1 Å². The molecule has 260 valence electrons. The van der Waals surface area contributed by atoms with E-state index in [2.05, 4.69) is 15.3 Å². The molecule has 14 heteroatoms. The number of hydrogen-bond donors (Lipinski definition) is 1. The monoisotopic (exact) mass is 689 g/mol. The van der Waals surface area contributed by atoms with Gasteiger partial charge in [0.25, 0.3) is 11.5 Å². The van der Waals surface area contributed by atoms with E-state index in [9.17, 15) is 14.4 Å². The number of carbonyl (C=O) groups excluding carboxylic acids is 2. The van der Waals surface area contributed by atoms with Crippen molar-refractivity contribution in [1.82, 2.24) is 24.8 Å². The number of nitrogens with zero attached hydrogens (tertiary/aromatic N) is 6. The third kappa shape index (κ3) is 6.53. The van der Waals surface area contributed by atoms with Crippen LogP contribution < -0.4 is 34.9 Å². The lowest BCUT2D eigenvalue weighted by Crippen LogP contribution is -2.47. The average molecular weight is 690 g/mol. The summed E-state index contributed by atoms with van der Waals surface area (Å²) < 4.78 is 24.3. The standard InChI is InChI=1S/C37H35N7O7/c1-48-26-9-4-23(5-10-26)21-43-34(46)22-49-29-12-13-31(40-36(29)43)44-28-11-8-25(19-30(28)51-37(44)47)39-17-18-42-33(45)15-7-24-6-14-32(41-35(24)42)50-27-3-2-16-38-20-27/h2-7,9-10,12-16,20,25,28,30,39H,8,11,17-19,21-22H2,1H3/t25-,28-,30+/m0/s1. The molecule has 0 spiro atoms. The van der Waals surface area contributed by atoms with Gasteiger partial charge in [-0.3, -0.25) is 28.9 Å². The minimum Gasteiger partial charge on any atom is -0.497 e. The Balaban J connectivity index is 0.928. The summed E-state index contributed by atoms with van der Waals surface area (Å²) in [5, 5.41) is 4.38. The van der Waals surface area contributed by atoms with Crippen molar-refractivity contribution in [1.29, 1.82) is 0 Å². The van der Waals surface area contributed by atoms with Gasteiger partial charge in [0.15, 0.2) is 18.2 Å². The number of aromatic nitrogens is 4. The Hall–Kier alpha value is -6.02. The van der Waals surface area contributed by atoms with Crippen LogP contribution in [0.5, 0.6) is 23.1 Å². The maximum absolute atomic E-state index is 13.3. The predicted octanol–water partition coefficient (Wildman–Crippen LogP) is 4.45. The fourth-order valence-electron chi connectivity index (χ4n) is 6.91. The molecule has 2 fully saturated rings. The molecule has 1 aliphatic carbocycles. The molecule has 3 aliphatic rings. The average Bonchev–Trinajstić information content (AvgIpc) is 3.49. The molecule has 1 saturated heterocycles. The summed E-state index contributed by atoms with van der Waals surface area (Å²) in [7, 11) is 1.60. The summed E-state index contributed by atoms with van der Waals surface area (Å²) in [4.78, 5) is 55.8. The third-order valence-electron chi connectivity index (χ3n) is 9.45. The van der Waals surface area contributed by atoms with E-state index in [1.165, 1.54) is 0 Å². The summed E-state index contributed by atoms with van der Waals surface area (Å²) in [6.07, 6.45) is 4.52. The molecular weight excluding hydrogens is 654 g/mol. The van der Waals surface area contributed by atoms with E-state index in [1.807, 2.05) is 30.3 Å². The van der Waals surface area contributed by atoms with E-state index in [1.54, 1.807) is 76.3 Å². The maximum Gasteiger partial charge on any atom is 0.416 e. The number of rotatable bonds is 10. The molecule has 0 unspecified atom stereocenters. The van der Waals surface area contributed by atoms with Gasteiger partial charge in [-0.05, 0) is 66.9 Å². The van der Waals surface area contributed by atoms with Crippen LogP contribution in [-0.4, -0.2) is 70.0 Å². The van der Waals surface area contributed by atoms with E-state index >= 15 is 0 Å². The van der Waals surface area contributed by atoms with Crippen LogP contribution in [0.15, 0.2) is 90.0 Å². The van der Waals surface area contributed by atoms with Crippen molar-refractivity contribution in [3.05, 3.63) is 101 Å². The zero-order valence-corrected chi connectivity index (χ0v) is 27.8. The van der Waals surface area contributed by atoms with Gasteiger partial charge in [-0.1, -0.05) is 12.1 Å². The van der Waals surface area contributed by atoms with Gasteiger partial charge in [0.1, 0.15) is 29.1 Å². The fourth-order valence-corrected chi connectivity index (χ4v) is 6.91. The zero-order valence-electron chi connectivity index (χ0n) is 27.8. The fraction of sp³-hybridized carbons (Fsp3) is 0.297. The molecule has 1 N–H and O–H groups in total. The maximum atomic E-state index is 13.3. The van der Waals surface area contributed by atoms with Crippen LogP contribution in [0.25, 0.3) is 11.0 Å². The highest BCUT2D eigenvalue weighted by molar-refractivity contribution is 5.97. The van der Waals surface area contributed by atoms with Crippen LogP contribution in [0.4, 0.5) is 16.4 Å². The molecule has 1 aromatic carbocycles. The first-order chi connectivity index (χ1) is 24.9. The van der Waals surface area contributed by atoms with Crippen molar-refractivity contribution in [3.8, 4) is 23.1 Å². The highest BCUT2D eigenvalue weighted by atomic mass is 16.6. The molecule has 8 rings (SSSR count). The minimum absolute atomic E-state index is 0.0737. The van der Waals surface area contributed by atoms with Gasteiger partial charge in [0.2, 0.25) is 5.88 Å². The third-order valence-corrected chi connectivity index (χ3v) is 9.45. The van der Waals surface area contributed by atoms with Gasteiger partial charge in [-0.15, -0.1) is 0 Å². The predicted molar refractivity (Wildman–Crippen MR) is 186 cm³/mol. The number of amides is 2. The van der Waals surface area contributed by atoms with Crippen LogP contribution in [0.3, 0.4) is 0 Å². The molecule has 3 atom stereocenters. The summed E-state index contributed by atoms with van der Waals surface area (Å²) in [5.41, 5.74) is 1.27. The molecule has 4 aromatic heterocycles. The number of methoxy groups -OCH3 is 1. The van der Waals surface area contributed by atoms with Crippen LogP contribution in [0.1, 0.15) is 24.8 Å². The Bertz CT molecular complexity index is 2140. The number of benzene rings is 1. The van der Waals surface area contributed by atoms with Crippen molar-refractivity contribution < 1.29 is 28.5 Å². The first kappa shape index (κ1) is 32.2. The van der Waals surface area contributed by atoms with Gasteiger partial charge in [-0.25, -0.2) is 9.78 Å². The quantitative estimate of drug-likeness (QED) is 0.222. The van der Waals surface area contributed by atoms with Crippen molar-refractivity contribution in [2.45, 2.75) is 50.5 Å². The van der Waals surface area contributed by atoms with Gasteiger partial charge in [-0.2, -0.15) is 4.98 Å². The molecule has 6 heterocycles. The Kier molecular flexibility index (Phi) is 8.66. The van der Waals surface area contributed by atoms with Gasteiger partial charge in [0, 0.05) is 49.3 Å². The molecule has 1 saturated carbocycles. The molecule has 2 aliphatic heterocycles. The number of fused-ring (bicyclic) bond motifs is 3. The molecular formula is C37H35N7O7. The highest BCUT2D eigenvalue weighted by Gasteiger charge is 2.47. The van der Waals surface area contributed by atoms with E-state index in [0.29, 0.717) is 67.1 Å². The smallest absolute Gasteiger partial charge is 0.416 e. The van der Waals surface area contributed by atoms with Crippen LogP contribution in [0, 0.1) is 0 Å². The van der Waals surface area contributed by atoms with Crippen LogP contribution >= 0.6 is 0 Å². The number of anilines is 2. The number of ether oxygens (including phenoxy) is 4.